The number of nitrogens with zero attached hydrogens (tertiary/aromatic N) is 4. The number of rotatable bonds is 5. The quantitative estimate of drug-likeness (QED) is 0.572. The number of hydrogen-bond donors (Lipinski definition) is 1. The fraction of sp³-hybridized carbons (Fsp3) is 0.100. The third-order valence-corrected chi connectivity index (χ3v) is 4.15. The van der Waals surface area contributed by atoms with Gasteiger partial charge in [-0.3, -0.25) is 4.98 Å². The molecule has 6 nitrogen and oxygen atoms in total. The molecule has 0 atom stereocenters. The Kier molecular flexibility index (Phi) is 4.57. The molecule has 0 saturated heterocycles. The van der Waals surface area contributed by atoms with Crippen molar-refractivity contribution in [1.82, 2.24) is 20.1 Å². The molecule has 4 rings (SSSR count). The van der Waals surface area contributed by atoms with Gasteiger partial charge in [0.05, 0.1) is 11.1 Å². The third-order valence-electron chi connectivity index (χ3n) is 4.15. The molecule has 0 bridgehead atoms. The van der Waals surface area contributed by atoms with Gasteiger partial charge in [-0.15, -0.1) is 0 Å². The van der Waals surface area contributed by atoms with E-state index in [0.29, 0.717) is 17.7 Å². The van der Waals surface area contributed by atoms with Gasteiger partial charge in [0.1, 0.15) is 11.6 Å². The minimum Gasteiger partial charge on any atom is -0.366 e. The Morgan fingerprint density at radius 1 is 1.07 bits per heavy atom. The van der Waals surface area contributed by atoms with Crippen LogP contribution in [0.3, 0.4) is 0 Å². The molecule has 0 radical (unpaired) electrons. The summed E-state index contributed by atoms with van der Waals surface area (Å²) in [6, 6.07) is 11.9. The molecule has 3 heterocycles. The fourth-order valence-electron chi connectivity index (χ4n) is 2.60. The summed E-state index contributed by atoms with van der Waals surface area (Å²) in [7, 11) is 0. The largest absolute Gasteiger partial charge is 0.366 e. The van der Waals surface area contributed by atoms with Crippen LogP contribution in [-0.4, -0.2) is 20.1 Å². The predicted molar refractivity (Wildman–Crippen MR) is 99.2 cm³/mol. The molecule has 134 valence electrons. The molecule has 0 aliphatic carbocycles. The van der Waals surface area contributed by atoms with Crippen LogP contribution in [0.25, 0.3) is 22.8 Å². The molecule has 0 unspecified atom stereocenters. The van der Waals surface area contributed by atoms with Gasteiger partial charge in [-0.05, 0) is 48.4 Å². The summed E-state index contributed by atoms with van der Waals surface area (Å²) < 4.78 is 19.1. The number of aromatic nitrogens is 4. The number of nitrogens with one attached hydrogen (secondary N) is 1. The standard InChI is InChI=1S/C20H16FN5O/c1-13-10-22-9-8-14(13)11-23-18-7-6-15(12-24-18)20-25-19(26-27-20)16-4-2-3-5-17(16)21/h2-10,12H,11H2,1H3,(H,23,24). The lowest BCUT2D eigenvalue weighted by Gasteiger charge is -2.07. The van der Waals surface area contributed by atoms with Crippen molar-refractivity contribution >= 4 is 5.82 Å². The Bertz CT molecular complexity index is 1060. The number of aryl methyl sites for hydroxylation is 1. The highest BCUT2D eigenvalue weighted by atomic mass is 19.1. The number of halogens is 1. The molecule has 4 aromatic rings. The van der Waals surface area contributed by atoms with Crippen LogP contribution in [0.4, 0.5) is 10.2 Å². The highest BCUT2D eigenvalue weighted by molar-refractivity contribution is 5.60. The Morgan fingerprint density at radius 3 is 2.74 bits per heavy atom. The maximum Gasteiger partial charge on any atom is 0.259 e. The lowest BCUT2D eigenvalue weighted by Crippen LogP contribution is -2.03. The van der Waals surface area contributed by atoms with Crippen LogP contribution >= 0.6 is 0 Å². The van der Waals surface area contributed by atoms with E-state index in [1.165, 1.54) is 6.07 Å². The minimum absolute atomic E-state index is 0.207. The van der Waals surface area contributed by atoms with Crippen LogP contribution in [0.15, 0.2) is 65.6 Å². The smallest absolute Gasteiger partial charge is 0.259 e. The normalized spacial score (nSPS) is 10.7. The zero-order valence-electron chi connectivity index (χ0n) is 14.6. The molecule has 0 aliphatic heterocycles. The molecule has 0 aliphatic rings. The maximum absolute atomic E-state index is 13.8. The molecule has 0 amide bonds. The average Bonchev–Trinajstić information content (AvgIpc) is 3.18. The first-order valence-electron chi connectivity index (χ1n) is 8.39. The van der Waals surface area contributed by atoms with Gasteiger partial charge < -0.3 is 9.84 Å². The fourth-order valence-corrected chi connectivity index (χ4v) is 2.60. The molecular formula is C20H16FN5O. The topological polar surface area (TPSA) is 76.7 Å². The van der Waals surface area contributed by atoms with Crippen LogP contribution in [-0.2, 0) is 6.54 Å². The zero-order valence-corrected chi connectivity index (χ0v) is 14.6. The highest BCUT2D eigenvalue weighted by Crippen LogP contribution is 2.24. The van der Waals surface area contributed by atoms with Gasteiger partial charge in [-0.1, -0.05) is 17.3 Å². The Morgan fingerprint density at radius 2 is 1.96 bits per heavy atom. The van der Waals surface area contributed by atoms with E-state index in [1.807, 2.05) is 31.3 Å². The summed E-state index contributed by atoms with van der Waals surface area (Å²) in [5.41, 5.74) is 3.23. The summed E-state index contributed by atoms with van der Waals surface area (Å²) in [4.78, 5) is 12.7. The first kappa shape index (κ1) is 16.8. The maximum atomic E-state index is 13.8. The summed E-state index contributed by atoms with van der Waals surface area (Å²) in [6.45, 7) is 2.67. The van der Waals surface area contributed by atoms with E-state index in [2.05, 4.69) is 25.4 Å². The lowest BCUT2D eigenvalue weighted by molar-refractivity contribution is 0.431. The predicted octanol–water partition coefficient (Wildman–Crippen LogP) is 4.25. The molecule has 7 heteroatoms. The number of anilines is 1. The monoisotopic (exact) mass is 361 g/mol. The van der Waals surface area contributed by atoms with Crippen LogP contribution < -0.4 is 5.32 Å². The van der Waals surface area contributed by atoms with Gasteiger partial charge >= 0.3 is 0 Å². The van der Waals surface area contributed by atoms with Gasteiger partial charge in [0.2, 0.25) is 5.82 Å². The molecule has 0 saturated carbocycles. The van der Waals surface area contributed by atoms with Crippen molar-refractivity contribution in [2.45, 2.75) is 13.5 Å². The van der Waals surface area contributed by atoms with Gasteiger partial charge in [-0.25, -0.2) is 9.37 Å². The van der Waals surface area contributed by atoms with Gasteiger partial charge in [0.15, 0.2) is 0 Å². The third kappa shape index (κ3) is 3.67. The average molecular weight is 361 g/mol. The van der Waals surface area contributed by atoms with E-state index >= 15 is 0 Å². The van der Waals surface area contributed by atoms with Crippen molar-refractivity contribution < 1.29 is 8.91 Å². The number of benzene rings is 1. The second-order valence-electron chi connectivity index (χ2n) is 5.99. The van der Waals surface area contributed by atoms with E-state index in [0.717, 1.165) is 16.9 Å². The zero-order chi connectivity index (χ0) is 18.6. The molecular weight excluding hydrogens is 345 g/mol. The Balaban J connectivity index is 1.48. The van der Waals surface area contributed by atoms with Crippen molar-refractivity contribution in [1.29, 1.82) is 0 Å². The van der Waals surface area contributed by atoms with Gasteiger partial charge in [0.25, 0.3) is 5.89 Å². The van der Waals surface area contributed by atoms with Gasteiger partial charge in [0, 0.05) is 25.1 Å². The van der Waals surface area contributed by atoms with Crippen LogP contribution in [0.2, 0.25) is 0 Å². The van der Waals surface area contributed by atoms with Crippen molar-refractivity contribution in [2.24, 2.45) is 0 Å². The second kappa shape index (κ2) is 7.33. The summed E-state index contributed by atoms with van der Waals surface area (Å²) in [6.07, 6.45) is 5.24. The van der Waals surface area contributed by atoms with E-state index < -0.39 is 5.82 Å². The van der Waals surface area contributed by atoms with Crippen LogP contribution in [0.5, 0.6) is 0 Å². The highest BCUT2D eigenvalue weighted by Gasteiger charge is 2.14. The Hall–Kier alpha value is -3.61. The summed E-state index contributed by atoms with van der Waals surface area (Å²) in [5.74, 6) is 0.827. The van der Waals surface area contributed by atoms with Crippen molar-refractivity contribution in [2.75, 3.05) is 5.32 Å². The van der Waals surface area contributed by atoms with Gasteiger partial charge in [-0.2, -0.15) is 4.98 Å². The molecule has 1 aromatic carbocycles. The van der Waals surface area contributed by atoms with E-state index in [4.69, 9.17) is 4.52 Å². The first-order valence-corrected chi connectivity index (χ1v) is 8.39. The SMILES string of the molecule is Cc1cnccc1CNc1ccc(-c2nc(-c3ccccc3F)no2)cn1. The summed E-state index contributed by atoms with van der Waals surface area (Å²) in [5, 5.41) is 7.12. The van der Waals surface area contributed by atoms with E-state index in [-0.39, 0.29) is 11.7 Å². The molecule has 0 spiro atoms. The van der Waals surface area contributed by atoms with E-state index in [1.54, 1.807) is 30.6 Å². The van der Waals surface area contributed by atoms with Crippen LogP contribution in [0.1, 0.15) is 11.1 Å². The van der Waals surface area contributed by atoms with Crippen molar-refractivity contribution in [3.05, 3.63) is 78.0 Å². The van der Waals surface area contributed by atoms with Crippen molar-refractivity contribution in [3.8, 4) is 22.8 Å². The molecule has 27 heavy (non-hydrogen) atoms. The lowest BCUT2D eigenvalue weighted by atomic mass is 10.1. The molecule has 0 fully saturated rings. The number of hydrogen-bond acceptors (Lipinski definition) is 6. The first-order chi connectivity index (χ1) is 13.2. The minimum atomic E-state index is -0.395. The molecule has 1 N–H and O–H groups in total. The summed E-state index contributed by atoms with van der Waals surface area (Å²) >= 11 is 0. The van der Waals surface area contributed by atoms with Crippen LogP contribution in [0, 0.1) is 12.7 Å². The Labute approximate surface area is 155 Å². The number of pyridine rings is 2. The second-order valence-corrected chi connectivity index (χ2v) is 5.99. The van der Waals surface area contributed by atoms with E-state index in [9.17, 15) is 4.39 Å². The van der Waals surface area contributed by atoms with Crippen molar-refractivity contribution in [3.63, 3.8) is 0 Å². The molecule has 3 aromatic heterocycles.